The van der Waals surface area contributed by atoms with Gasteiger partial charge >= 0.3 is 0 Å². The SMILES string of the molecule is COC1=C[C@]23CCCN2CCc2cc4c(cc2[C@@]3(O)[C@@H]1O)OCO4. The van der Waals surface area contributed by atoms with Crippen LogP contribution in [-0.2, 0) is 16.8 Å². The third-order valence-electron chi connectivity index (χ3n) is 6.15. The molecule has 0 unspecified atom stereocenters. The molecule has 128 valence electrons. The van der Waals surface area contributed by atoms with Gasteiger partial charge in [0.2, 0.25) is 6.79 Å². The molecular formula is C18H21NO5. The molecule has 24 heavy (non-hydrogen) atoms. The Morgan fingerprint density at radius 3 is 2.83 bits per heavy atom. The molecule has 3 heterocycles. The van der Waals surface area contributed by atoms with Crippen molar-refractivity contribution >= 4 is 0 Å². The van der Waals surface area contributed by atoms with Gasteiger partial charge in [0, 0.05) is 6.54 Å². The molecular weight excluding hydrogens is 310 g/mol. The number of fused-ring (bicyclic) bond motifs is 3. The molecule has 1 aromatic rings. The Balaban J connectivity index is 1.77. The predicted molar refractivity (Wildman–Crippen MR) is 84.8 cm³/mol. The van der Waals surface area contributed by atoms with Gasteiger partial charge in [0.1, 0.15) is 17.5 Å². The van der Waals surface area contributed by atoms with Crippen LogP contribution in [0.15, 0.2) is 24.0 Å². The zero-order valence-corrected chi connectivity index (χ0v) is 13.6. The smallest absolute Gasteiger partial charge is 0.231 e. The van der Waals surface area contributed by atoms with Gasteiger partial charge in [-0.25, -0.2) is 0 Å². The molecule has 2 N–H and O–H groups in total. The van der Waals surface area contributed by atoms with Crippen molar-refractivity contribution in [2.24, 2.45) is 0 Å². The minimum Gasteiger partial charge on any atom is -0.498 e. The number of nitrogens with zero attached hydrogens (tertiary/aromatic N) is 1. The van der Waals surface area contributed by atoms with E-state index in [0.717, 1.165) is 43.5 Å². The molecule has 0 saturated carbocycles. The van der Waals surface area contributed by atoms with Crippen LogP contribution >= 0.6 is 0 Å². The Kier molecular flexibility index (Phi) is 2.83. The van der Waals surface area contributed by atoms with Crippen LogP contribution in [0.3, 0.4) is 0 Å². The largest absolute Gasteiger partial charge is 0.498 e. The number of rotatable bonds is 1. The first-order valence-electron chi connectivity index (χ1n) is 8.45. The van der Waals surface area contributed by atoms with Crippen molar-refractivity contribution in [1.82, 2.24) is 4.90 Å². The van der Waals surface area contributed by atoms with Gasteiger partial charge in [0.25, 0.3) is 0 Å². The van der Waals surface area contributed by atoms with Crippen molar-refractivity contribution in [3.8, 4) is 11.5 Å². The summed E-state index contributed by atoms with van der Waals surface area (Å²) in [6.45, 7) is 1.93. The first kappa shape index (κ1) is 14.6. The van der Waals surface area contributed by atoms with Crippen LogP contribution in [0, 0.1) is 0 Å². The van der Waals surface area contributed by atoms with E-state index in [1.165, 1.54) is 0 Å². The average Bonchev–Trinajstić information content (AvgIpc) is 3.25. The normalized spacial score (nSPS) is 36.6. The van der Waals surface area contributed by atoms with E-state index < -0.39 is 17.2 Å². The molecule has 1 spiro atoms. The number of aliphatic hydroxyl groups is 2. The summed E-state index contributed by atoms with van der Waals surface area (Å²) in [5, 5.41) is 22.8. The summed E-state index contributed by atoms with van der Waals surface area (Å²) < 4.78 is 16.4. The number of aliphatic hydroxyl groups excluding tert-OH is 1. The highest BCUT2D eigenvalue weighted by molar-refractivity contribution is 5.55. The molecule has 5 rings (SSSR count). The number of ether oxygens (including phenoxy) is 3. The number of methoxy groups -OCH3 is 1. The van der Waals surface area contributed by atoms with E-state index in [2.05, 4.69) is 4.90 Å². The average molecular weight is 331 g/mol. The summed E-state index contributed by atoms with van der Waals surface area (Å²) >= 11 is 0. The monoisotopic (exact) mass is 331 g/mol. The van der Waals surface area contributed by atoms with Crippen molar-refractivity contribution in [2.45, 2.75) is 36.5 Å². The molecule has 1 saturated heterocycles. The Morgan fingerprint density at radius 1 is 1.25 bits per heavy atom. The van der Waals surface area contributed by atoms with Gasteiger partial charge < -0.3 is 24.4 Å². The van der Waals surface area contributed by atoms with E-state index in [4.69, 9.17) is 14.2 Å². The van der Waals surface area contributed by atoms with Gasteiger partial charge in [-0.1, -0.05) is 0 Å². The van der Waals surface area contributed by atoms with Crippen molar-refractivity contribution in [3.63, 3.8) is 0 Å². The fourth-order valence-corrected chi connectivity index (χ4v) is 5.02. The number of hydrogen-bond acceptors (Lipinski definition) is 6. The molecule has 1 fully saturated rings. The zero-order chi connectivity index (χ0) is 16.5. The van der Waals surface area contributed by atoms with Crippen molar-refractivity contribution in [3.05, 3.63) is 35.1 Å². The third-order valence-corrected chi connectivity index (χ3v) is 6.15. The molecule has 0 radical (unpaired) electrons. The van der Waals surface area contributed by atoms with Crippen LogP contribution in [0.25, 0.3) is 0 Å². The lowest BCUT2D eigenvalue weighted by Crippen LogP contribution is -2.59. The maximum Gasteiger partial charge on any atom is 0.231 e. The van der Waals surface area contributed by atoms with E-state index in [1.54, 1.807) is 7.11 Å². The first-order chi connectivity index (χ1) is 11.6. The molecule has 3 atom stereocenters. The van der Waals surface area contributed by atoms with Crippen LogP contribution in [-0.4, -0.2) is 53.7 Å². The van der Waals surface area contributed by atoms with Crippen molar-refractivity contribution in [2.75, 3.05) is 27.0 Å². The molecule has 4 aliphatic rings. The minimum atomic E-state index is -1.44. The predicted octanol–water partition coefficient (Wildman–Crippen LogP) is 0.898. The van der Waals surface area contributed by atoms with E-state index in [1.807, 2.05) is 18.2 Å². The Labute approximate surface area is 140 Å². The molecule has 6 nitrogen and oxygen atoms in total. The van der Waals surface area contributed by atoms with Crippen LogP contribution in [0.2, 0.25) is 0 Å². The lowest BCUT2D eigenvalue weighted by atomic mass is 9.73. The van der Waals surface area contributed by atoms with Gasteiger partial charge in [-0.15, -0.1) is 0 Å². The zero-order valence-electron chi connectivity index (χ0n) is 13.6. The van der Waals surface area contributed by atoms with Gasteiger partial charge in [-0.05, 0) is 55.1 Å². The maximum atomic E-state index is 11.9. The van der Waals surface area contributed by atoms with Crippen LogP contribution in [0.5, 0.6) is 11.5 Å². The summed E-state index contributed by atoms with van der Waals surface area (Å²) in [6, 6.07) is 3.79. The first-order valence-corrected chi connectivity index (χ1v) is 8.45. The second kappa shape index (κ2) is 4.65. The van der Waals surface area contributed by atoms with E-state index in [9.17, 15) is 10.2 Å². The fourth-order valence-electron chi connectivity index (χ4n) is 5.02. The summed E-state index contributed by atoms with van der Waals surface area (Å²) in [4.78, 5) is 2.29. The Bertz CT molecular complexity index is 747. The summed E-state index contributed by atoms with van der Waals surface area (Å²) in [7, 11) is 1.54. The van der Waals surface area contributed by atoms with Gasteiger partial charge in [-0.2, -0.15) is 0 Å². The molecule has 0 aromatic heterocycles. The second-order valence-electron chi connectivity index (χ2n) is 7.05. The highest BCUT2D eigenvalue weighted by Gasteiger charge is 2.66. The minimum absolute atomic E-state index is 0.193. The Hall–Kier alpha value is -1.76. The standard InChI is InChI=1S/C18H21NO5/c1-22-15-9-17-4-2-5-19(17)6-3-11-7-13-14(24-10-23-13)8-12(11)18(17,21)16(15)20/h7-9,16,20-21H,2-6,10H2,1H3/t16-,17+,18-/m1/s1. The van der Waals surface area contributed by atoms with Crippen molar-refractivity contribution < 1.29 is 24.4 Å². The quantitative estimate of drug-likeness (QED) is 0.797. The van der Waals surface area contributed by atoms with Gasteiger partial charge in [-0.3, -0.25) is 4.90 Å². The second-order valence-corrected chi connectivity index (χ2v) is 7.05. The highest BCUT2D eigenvalue weighted by atomic mass is 16.7. The fraction of sp³-hybridized carbons (Fsp3) is 0.556. The van der Waals surface area contributed by atoms with Gasteiger partial charge in [0.15, 0.2) is 11.5 Å². The van der Waals surface area contributed by atoms with Gasteiger partial charge in [0.05, 0.1) is 12.6 Å². The van der Waals surface area contributed by atoms with E-state index in [0.29, 0.717) is 17.3 Å². The summed E-state index contributed by atoms with van der Waals surface area (Å²) in [6.07, 6.45) is 3.42. The topological polar surface area (TPSA) is 71.4 Å². The summed E-state index contributed by atoms with van der Waals surface area (Å²) in [5.74, 6) is 1.78. The highest BCUT2D eigenvalue weighted by Crippen LogP contribution is 2.57. The van der Waals surface area contributed by atoms with Crippen LogP contribution in [0.1, 0.15) is 24.0 Å². The van der Waals surface area contributed by atoms with E-state index >= 15 is 0 Å². The molecule has 1 aliphatic carbocycles. The lowest BCUT2D eigenvalue weighted by Gasteiger charge is -2.45. The molecule has 6 heteroatoms. The van der Waals surface area contributed by atoms with Crippen LogP contribution in [0.4, 0.5) is 0 Å². The van der Waals surface area contributed by atoms with Crippen LogP contribution < -0.4 is 9.47 Å². The maximum absolute atomic E-state index is 11.9. The Morgan fingerprint density at radius 2 is 2.04 bits per heavy atom. The van der Waals surface area contributed by atoms with Crippen molar-refractivity contribution in [1.29, 1.82) is 0 Å². The molecule has 1 aromatic carbocycles. The number of hydrogen-bond donors (Lipinski definition) is 2. The lowest BCUT2D eigenvalue weighted by molar-refractivity contribution is -0.132. The summed E-state index contributed by atoms with van der Waals surface area (Å²) in [5.41, 5.74) is -0.342. The third kappa shape index (κ3) is 1.52. The molecule has 0 amide bonds. The number of benzene rings is 1. The molecule has 3 aliphatic heterocycles. The van der Waals surface area contributed by atoms with E-state index in [-0.39, 0.29) is 6.79 Å². The molecule has 0 bridgehead atoms.